The van der Waals surface area contributed by atoms with E-state index < -0.39 is 0 Å². The Morgan fingerprint density at radius 3 is 2.90 bits per heavy atom. The van der Waals surface area contributed by atoms with Crippen molar-refractivity contribution >= 4 is 29.9 Å². The molecule has 0 spiro atoms. The zero-order valence-corrected chi connectivity index (χ0v) is 20.7. The molecule has 0 saturated carbocycles. The first-order valence-electron chi connectivity index (χ1n) is 10.8. The van der Waals surface area contributed by atoms with Crippen molar-refractivity contribution in [1.29, 1.82) is 0 Å². The highest BCUT2D eigenvalue weighted by Gasteiger charge is 2.23. The topological polar surface area (TPSA) is 79.6 Å². The van der Waals surface area contributed by atoms with Crippen molar-refractivity contribution in [2.75, 3.05) is 33.3 Å². The van der Waals surface area contributed by atoms with Gasteiger partial charge in [-0.25, -0.2) is 9.67 Å². The molecule has 1 fully saturated rings. The fourth-order valence-corrected chi connectivity index (χ4v) is 4.15. The summed E-state index contributed by atoms with van der Waals surface area (Å²) in [4.78, 5) is 12.0. The number of hydrogen-bond donors (Lipinski definition) is 2. The number of methoxy groups -OCH3 is 1. The van der Waals surface area contributed by atoms with Crippen LogP contribution in [0.15, 0.2) is 4.99 Å². The Morgan fingerprint density at radius 2 is 2.17 bits per heavy atom. The van der Waals surface area contributed by atoms with Crippen LogP contribution in [-0.4, -0.2) is 71.0 Å². The number of aryl methyl sites for hydroxylation is 1. The second kappa shape index (κ2) is 12.0. The Bertz CT molecular complexity index is 651. The van der Waals surface area contributed by atoms with Gasteiger partial charge in [-0.2, -0.15) is 5.10 Å². The molecule has 0 aromatic carbocycles. The second-order valence-corrected chi connectivity index (χ2v) is 8.25. The maximum atomic E-state index is 5.15. The van der Waals surface area contributed by atoms with E-state index in [1.54, 1.807) is 7.11 Å². The number of ether oxygens (including phenoxy) is 1. The molecule has 0 radical (unpaired) electrons. The van der Waals surface area contributed by atoms with Crippen LogP contribution in [0.2, 0.25) is 0 Å². The van der Waals surface area contributed by atoms with Crippen LogP contribution in [0.4, 0.5) is 0 Å². The molecule has 1 aromatic heterocycles. The number of nitrogens with zero attached hydrogens (tertiary/aromatic N) is 5. The molecule has 0 aliphatic carbocycles. The van der Waals surface area contributed by atoms with Crippen molar-refractivity contribution < 1.29 is 4.74 Å². The molecule has 3 heterocycles. The first kappa shape index (κ1) is 24.3. The van der Waals surface area contributed by atoms with E-state index in [1.165, 1.54) is 25.9 Å². The van der Waals surface area contributed by atoms with E-state index in [9.17, 15) is 0 Å². The number of fused-ring (bicyclic) bond motifs is 1. The highest BCUT2D eigenvalue weighted by Crippen LogP contribution is 2.18. The second-order valence-electron chi connectivity index (χ2n) is 8.25. The summed E-state index contributed by atoms with van der Waals surface area (Å²) in [6.45, 7) is 12.1. The van der Waals surface area contributed by atoms with Crippen LogP contribution in [0.3, 0.4) is 0 Å². The van der Waals surface area contributed by atoms with Crippen molar-refractivity contribution in [2.24, 2.45) is 10.9 Å². The third-order valence-electron chi connectivity index (χ3n) is 5.69. The van der Waals surface area contributed by atoms with Gasteiger partial charge in [0.15, 0.2) is 11.8 Å². The van der Waals surface area contributed by atoms with Crippen LogP contribution >= 0.6 is 24.0 Å². The number of aliphatic imine (C=N–C) groups is 1. The van der Waals surface area contributed by atoms with Gasteiger partial charge in [0.1, 0.15) is 12.4 Å². The molecule has 9 heteroatoms. The molecule has 0 amide bonds. The summed E-state index contributed by atoms with van der Waals surface area (Å²) in [5, 5.41) is 11.6. The van der Waals surface area contributed by atoms with Gasteiger partial charge in [0.2, 0.25) is 0 Å². The van der Waals surface area contributed by atoms with Gasteiger partial charge in [-0.1, -0.05) is 6.92 Å². The van der Waals surface area contributed by atoms with Crippen LogP contribution in [0.1, 0.15) is 51.7 Å². The van der Waals surface area contributed by atoms with Gasteiger partial charge in [0, 0.05) is 38.7 Å². The number of piperidine rings is 1. The largest absolute Gasteiger partial charge is 0.377 e. The predicted molar refractivity (Wildman–Crippen MR) is 127 cm³/mol. The molecule has 8 nitrogen and oxygen atoms in total. The number of rotatable bonds is 7. The lowest BCUT2D eigenvalue weighted by molar-refractivity contribution is 0.142. The summed E-state index contributed by atoms with van der Waals surface area (Å²) in [5.74, 6) is 3.53. The summed E-state index contributed by atoms with van der Waals surface area (Å²) < 4.78 is 7.16. The minimum atomic E-state index is 0. The number of likely N-dealkylation sites (tertiary alicyclic amines) is 1. The Balaban J connectivity index is 0.00000300. The lowest BCUT2D eigenvalue weighted by Crippen LogP contribution is -2.48. The van der Waals surface area contributed by atoms with Gasteiger partial charge < -0.3 is 15.4 Å². The quantitative estimate of drug-likeness (QED) is 0.326. The Labute approximate surface area is 192 Å². The molecular formula is C20H38IN7O. The third-order valence-corrected chi connectivity index (χ3v) is 5.69. The van der Waals surface area contributed by atoms with Crippen molar-refractivity contribution in [2.45, 2.75) is 71.7 Å². The number of nitrogens with one attached hydrogen (secondary N) is 2. The van der Waals surface area contributed by atoms with Gasteiger partial charge >= 0.3 is 0 Å². The average molecular weight is 519 g/mol. The molecule has 2 aliphatic heterocycles. The summed E-state index contributed by atoms with van der Waals surface area (Å²) in [6, 6.07) is 0.788. The zero-order chi connectivity index (χ0) is 19.9. The van der Waals surface area contributed by atoms with Crippen LogP contribution in [0.25, 0.3) is 0 Å². The maximum Gasteiger partial charge on any atom is 0.191 e. The molecule has 1 saturated heterocycles. The lowest BCUT2D eigenvalue weighted by atomic mass is 9.99. The van der Waals surface area contributed by atoms with Gasteiger partial charge in [-0.05, 0) is 45.6 Å². The molecule has 0 bridgehead atoms. The molecule has 3 atom stereocenters. The summed E-state index contributed by atoms with van der Waals surface area (Å²) in [7, 11) is 1.68. The molecule has 3 rings (SSSR count). The summed E-state index contributed by atoms with van der Waals surface area (Å²) >= 11 is 0. The van der Waals surface area contributed by atoms with E-state index in [0.717, 1.165) is 56.0 Å². The molecule has 3 unspecified atom stereocenters. The Kier molecular flexibility index (Phi) is 10.1. The van der Waals surface area contributed by atoms with Gasteiger partial charge in [0.05, 0.1) is 13.1 Å². The number of hydrogen-bond acceptors (Lipinski definition) is 5. The number of aromatic nitrogens is 3. The Morgan fingerprint density at radius 1 is 1.34 bits per heavy atom. The van der Waals surface area contributed by atoms with Crippen molar-refractivity contribution in [3.63, 3.8) is 0 Å². The van der Waals surface area contributed by atoms with Gasteiger partial charge in [-0.15, -0.1) is 24.0 Å². The zero-order valence-electron chi connectivity index (χ0n) is 18.4. The van der Waals surface area contributed by atoms with E-state index in [2.05, 4.69) is 46.4 Å². The van der Waals surface area contributed by atoms with Crippen molar-refractivity contribution in [1.82, 2.24) is 30.3 Å². The summed E-state index contributed by atoms with van der Waals surface area (Å²) in [6.07, 6.45) is 4.63. The highest BCUT2D eigenvalue weighted by molar-refractivity contribution is 14.0. The van der Waals surface area contributed by atoms with E-state index in [4.69, 9.17) is 9.73 Å². The van der Waals surface area contributed by atoms with Gasteiger partial charge in [0.25, 0.3) is 0 Å². The van der Waals surface area contributed by atoms with Gasteiger partial charge in [-0.3, -0.25) is 9.89 Å². The molecular weight excluding hydrogens is 481 g/mol. The van der Waals surface area contributed by atoms with E-state index in [-0.39, 0.29) is 24.0 Å². The SMILES string of the molecule is CCNC(=NCC(C)N1CCCC(C)C1)NC1CCc2nc(COC)nn2C1.I. The lowest BCUT2D eigenvalue weighted by Gasteiger charge is -2.35. The van der Waals surface area contributed by atoms with Crippen molar-refractivity contribution in [3.05, 3.63) is 11.6 Å². The van der Waals surface area contributed by atoms with Crippen LogP contribution < -0.4 is 10.6 Å². The molecule has 166 valence electrons. The highest BCUT2D eigenvalue weighted by atomic mass is 127. The normalized spacial score (nSPS) is 23.8. The van der Waals surface area contributed by atoms with E-state index in [1.807, 2.05) is 4.68 Å². The molecule has 29 heavy (non-hydrogen) atoms. The predicted octanol–water partition coefficient (Wildman–Crippen LogP) is 2.03. The fourth-order valence-electron chi connectivity index (χ4n) is 4.15. The van der Waals surface area contributed by atoms with E-state index in [0.29, 0.717) is 18.7 Å². The van der Waals surface area contributed by atoms with Crippen LogP contribution in [0.5, 0.6) is 0 Å². The summed E-state index contributed by atoms with van der Waals surface area (Å²) in [5.41, 5.74) is 0. The Hall–Kier alpha value is -0.940. The number of halogens is 1. The smallest absolute Gasteiger partial charge is 0.191 e. The van der Waals surface area contributed by atoms with Crippen LogP contribution in [-0.2, 0) is 24.3 Å². The van der Waals surface area contributed by atoms with E-state index >= 15 is 0 Å². The number of guanidine groups is 1. The van der Waals surface area contributed by atoms with Crippen LogP contribution in [0, 0.1) is 5.92 Å². The first-order chi connectivity index (χ1) is 13.6. The fraction of sp³-hybridized carbons (Fsp3) is 0.850. The maximum absolute atomic E-state index is 5.15. The molecule has 2 N–H and O–H groups in total. The molecule has 1 aromatic rings. The third kappa shape index (κ3) is 7.06. The molecule has 2 aliphatic rings. The minimum absolute atomic E-state index is 0. The minimum Gasteiger partial charge on any atom is -0.377 e. The standard InChI is InChI=1S/C20H37N7O.HI/c1-5-21-20(22-11-16(3)26-10-6-7-15(2)12-26)23-17-8-9-19-24-18(14-28-4)25-27(19)13-17;/h15-17H,5-14H2,1-4H3,(H2,21,22,23);1H. The first-order valence-corrected chi connectivity index (χ1v) is 10.8. The monoisotopic (exact) mass is 519 g/mol. The average Bonchev–Trinajstić information content (AvgIpc) is 3.08. The van der Waals surface area contributed by atoms with Crippen molar-refractivity contribution in [3.8, 4) is 0 Å².